The van der Waals surface area contributed by atoms with Crippen molar-refractivity contribution in [2.24, 2.45) is 0 Å². The summed E-state index contributed by atoms with van der Waals surface area (Å²) in [7, 11) is 0. The van der Waals surface area contributed by atoms with Crippen molar-refractivity contribution < 1.29 is 9.59 Å². The maximum Gasteiger partial charge on any atom is 0.278 e. The van der Waals surface area contributed by atoms with Gasteiger partial charge in [0.15, 0.2) is 5.82 Å². The first kappa shape index (κ1) is 11.9. The van der Waals surface area contributed by atoms with Crippen molar-refractivity contribution in [2.75, 3.05) is 4.90 Å². The molecule has 2 amide bonds. The summed E-state index contributed by atoms with van der Waals surface area (Å²) in [5.74, 6) is -0.610. The molecular weight excluding hydrogens is 242 g/mol. The molecule has 1 aromatic rings. The average Bonchev–Trinajstić information content (AvgIpc) is 2.81. The van der Waals surface area contributed by atoms with E-state index in [4.69, 9.17) is 11.6 Å². The molecule has 0 radical (unpaired) electrons. The van der Waals surface area contributed by atoms with Gasteiger partial charge in [0.25, 0.3) is 11.8 Å². The fourth-order valence-electron chi connectivity index (χ4n) is 1.54. The SMILES string of the molecule is CC1=C(Cl)C(=O)N(c2cn(C(C)C)cn2)C1=O. The van der Waals surface area contributed by atoms with Crippen LogP contribution in [0, 0.1) is 0 Å². The molecule has 1 aliphatic heterocycles. The van der Waals surface area contributed by atoms with Crippen molar-refractivity contribution in [1.29, 1.82) is 0 Å². The first-order valence-electron chi connectivity index (χ1n) is 5.22. The second-order valence-corrected chi connectivity index (χ2v) is 4.54. The van der Waals surface area contributed by atoms with E-state index in [9.17, 15) is 9.59 Å². The maximum atomic E-state index is 11.8. The van der Waals surface area contributed by atoms with Crippen LogP contribution in [0.4, 0.5) is 5.82 Å². The molecule has 5 nitrogen and oxygen atoms in total. The number of anilines is 1. The summed E-state index contributed by atoms with van der Waals surface area (Å²) in [6, 6.07) is 0.216. The number of hydrogen-bond donors (Lipinski definition) is 0. The maximum absolute atomic E-state index is 11.8. The highest BCUT2D eigenvalue weighted by Gasteiger charge is 2.37. The molecule has 0 unspecified atom stereocenters. The van der Waals surface area contributed by atoms with E-state index in [0.717, 1.165) is 4.90 Å². The number of halogens is 1. The molecule has 0 N–H and O–H groups in total. The molecule has 2 heterocycles. The molecule has 6 heteroatoms. The van der Waals surface area contributed by atoms with E-state index in [-0.39, 0.29) is 16.6 Å². The lowest BCUT2D eigenvalue weighted by atomic mass is 10.3. The fraction of sp³-hybridized carbons (Fsp3) is 0.364. The molecule has 90 valence electrons. The third kappa shape index (κ3) is 1.76. The van der Waals surface area contributed by atoms with Crippen molar-refractivity contribution in [1.82, 2.24) is 9.55 Å². The Morgan fingerprint density at radius 3 is 2.35 bits per heavy atom. The number of amides is 2. The van der Waals surface area contributed by atoms with Crippen LogP contribution in [0.25, 0.3) is 0 Å². The van der Waals surface area contributed by atoms with Gasteiger partial charge in [-0.25, -0.2) is 9.88 Å². The zero-order valence-corrected chi connectivity index (χ0v) is 10.5. The normalized spacial score (nSPS) is 16.6. The van der Waals surface area contributed by atoms with Crippen molar-refractivity contribution in [2.45, 2.75) is 26.8 Å². The van der Waals surface area contributed by atoms with Crippen LogP contribution in [0.3, 0.4) is 0 Å². The third-order valence-electron chi connectivity index (χ3n) is 2.66. The van der Waals surface area contributed by atoms with E-state index in [1.807, 2.05) is 18.4 Å². The van der Waals surface area contributed by atoms with Gasteiger partial charge in [0, 0.05) is 17.8 Å². The van der Waals surface area contributed by atoms with Crippen LogP contribution < -0.4 is 4.90 Å². The molecular formula is C11H12ClN3O2. The Morgan fingerprint density at radius 2 is 1.94 bits per heavy atom. The second kappa shape index (κ2) is 4.00. The van der Waals surface area contributed by atoms with Gasteiger partial charge < -0.3 is 4.57 Å². The van der Waals surface area contributed by atoms with Crippen molar-refractivity contribution in [3.05, 3.63) is 23.1 Å². The van der Waals surface area contributed by atoms with Crippen LogP contribution >= 0.6 is 11.6 Å². The number of imide groups is 1. The van der Waals surface area contributed by atoms with Gasteiger partial charge in [0.05, 0.1) is 6.33 Å². The molecule has 1 aromatic heterocycles. The lowest BCUT2D eigenvalue weighted by Gasteiger charge is -2.10. The van der Waals surface area contributed by atoms with Crippen LogP contribution in [0.15, 0.2) is 23.1 Å². The Balaban J connectivity index is 2.36. The van der Waals surface area contributed by atoms with Gasteiger partial charge in [-0.05, 0) is 20.8 Å². The summed E-state index contributed by atoms with van der Waals surface area (Å²) in [5.41, 5.74) is 0.260. The zero-order valence-electron chi connectivity index (χ0n) is 9.77. The number of aromatic nitrogens is 2. The summed E-state index contributed by atoms with van der Waals surface area (Å²) >= 11 is 5.75. The highest BCUT2D eigenvalue weighted by molar-refractivity contribution is 6.52. The Kier molecular flexibility index (Phi) is 2.79. The molecule has 0 spiro atoms. The topological polar surface area (TPSA) is 55.2 Å². The number of imidazole rings is 1. The fourth-order valence-corrected chi connectivity index (χ4v) is 1.71. The molecule has 1 aliphatic rings. The number of nitrogens with zero attached hydrogens (tertiary/aromatic N) is 3. The van der Waals surface area contributed by atoms with Gasteiger partial charge in [-0.3, -0.25) is 9.59 Å². The van der Waals surface area contributed by atoms with E-state index in [2.05, 4.69) is 4.98 Å². The van der Waals surface area contributed by atoms with Gasteiger partial charge >= 0.3 is 0 Å². The van der Waals surface area contributed by atoms with Crippen LogP contribution in [-0.4, -0.2) is 21.4 Å². The van der Waals surface area contributed by atoms with E-state index in [1.165, 1.54) is 6.92 Å². The molecule has 0 saturated carbocycles. The predicted octanol–water partition coefficient (Wildman–Crippen LogP) is 1.85. The van der Waals surface area contributed by atoms with Gasteiger partial charge in [0.1, 0.15) is 5.03 Å². The monoisotopic (exact) mass is 253 g/mol. The average molecular weight is 254 g/mol. The van der Waals surface area contributed by atoms with Gasteiger partial charge in [-0.15, -0.1) is 0 Å². The minimum atomic E-state index is -0.511. The highest BCUT2D eigenvalue weighted by Crippen LogP contribution is 2.27. The molecule has 0 fully saturated rings. The Morgan fingerprint density at radius 1 is 1.29 bits per heavy atom. The van der Waals surface area contributed by atoms with E-state index < -0.39 is 11.8 Å². The highest BCUT2D eigenvalue weighted by atomic mass is 35.5. The molecule has 0 aliphatic carbocycles. The molecule has 0 atom stereocenters. The standard InChI is InChI=1S/C11H12ClN3O2/c1-6(2)14-4-8(13-5-14)15-10(16)7(3)9(12)11(15)17/h4-6H,1-3H3. The van der Waals surface area contributed by atoms with E-state index in [0.29, 0.717) is 5.82 Å². The molecule has 0 aromatic carbocycles. The Labute approximate surface area is 104 Å². The molecule has 17 heavy (non-hydrogen) atoms. The van der Waals surface area contributed by atoms with Crippen molar-refractivity contribution in [3.8, 4) is 0 Å². The van der Waals surface area contributed by atoms with Crippen LogP contribution in [0.5, 0.6) is 0 Å². The molecule has 2 rings (SSSR count). The Bertz CT molecular complexity index is 507. The van der Waals surface area contributed by atoms with Crippen LogP contribution in [0.1, 0.15) is 26.8 Å². The summed E-state index contributed by atoms with van der Waals surface area (Å²) in [6.07, 6.45) is 3.24. The summed E-state index contributed by atoms with van der Waals surface area (Å²) < 4.78 is 1.82. The van der Waals surface area contributed by atoms with Crippen molar-refractivity contribution in [3.63, 3.8) is 0 Å². The molecule has 0 bridgehead atoms. The largest absolute Gasteiger partial charge is 0.333 e. The number of hydrogen-bond acceptors (Lipinski definition) is 3. The minimum absolute atomic E-state index is 0.0332. The zero-order chi connectivity index (χ0) is 12.7. The first-order chi connectivity index (χ1) is 7.93. The Hall–Kier alpha value is -1.62. The number of carbonyl (C=O) groups is 2. The first-order valence-corrected chi connectivity index (χ1v) is 5.60. The summed E-state index contributed by atoms with van der Waals surface area (Å²) in [5, 5.41) is -0.0332. The number of carbonyl (C=O) groups excluding carboxylic acids is 2. The van der Waals surface area contributed by atoms with Crippen LogP contribution in [0.2, 0.25) is 0 Å². The quantitative estimate of drug-likeness (QED) is 0.756. The van der Waals surface area contributed by atoms with Gasteiger partial charge in [-0.2, -0.15) is 0 Å². The van der Waals surface area contributed by atoms with Gasteiger partial charge in [-0.1, -0.05) is 11.6 Å². The van der Waals surface area contributed by atoms with E-state index in [1.54, 1.807) is 12.5 Å². The smallest absolute Gasteiger partial charge is 0.278 e. The van der Waals surface area contributed by atoms with E-state index >= 15 is 0 Å². The minimum Gasteiger partial charge on any atom is -0.333 e. The number of rotatable bonds is 2. The van der Waals surface area contributed by atoms with Gasteiger partial charge in [0.2, 0.25) is 0 Å². The summed E-state index contributed by atoms with van der Waals surface area (Å²) in [6.45, 7) is 5.49. The lowest BCUT2D eigenvalue weighted by Crippen LogP contribution is -2.31. The second-order valence-electron chi connectivity index (χ2n) is 4.16. The molecule has 0 saturated heterocycles. The lowest BCUT2D eigenvalue weighted by molar-refractivity contribution is -0.120. The predicted molar refractivity (Wildman–Crippen MR) is 63.7 cm³/mol. The summed E-state index contributed by atoms with van der Waals surface area (Å²) in [4.78, 5) is 28.6. The van der Waals surface area contributed by atoms with Crippen LogP contribution in [-0.2, 0) is 9.59 Å². The third-order valence-corrected chi connectivity index (χ3v) is 3.10. The van der Waals surface area contributed by atoms with Crippen molar-refractivity contribution >= 4 is 29.2 Å².